The Kier molecular flexibility index (Phi) is 6.80. The van der Waals surface area contributed by atoms with E-state index in [-0.39, 0.29) is 0 Å². The third-order valence-electron chi connectivity index (χ3n) is 3.64. The van der Waals surface area contributed by atoms with E-state index < -0.39 is 0 Å². The molecule has 1 aromatic rings. The van der Waals surface area contributed by atoms with Crippen LogP contribution in [0.4, 0.5) is 0 Å². The maximum atomic E-state index is 5.90. The van der Waals surface area contributed by atoms with E-state index in [0.29, 0.717) is 19.8 Å². The molecule has 1 aliphatic rings. The Morgan fingerprint density at radius 1 is 0.909 bits per heavy atom. The zero-order valence-corrected chi connectivity index (χ0v) is 14.0. The molecule has 22 heavy (non-hydrogen) atoms. The molecule has 0 radical (unpaired) electrons. The minimum atomic E-state index is 0.594. The van der Waals surface area contributed by atoms with Gasteiger partial charge in [0, 0.05) is 38.3 Å². The summed E-state index contributed by atoms with van der Waals surface area (Å²) in [6.07, 6.45) is 0. The van der Waals surface area contributed by atoms with Gasteiger partial charge in [0.05, 0.1) is 19.8 Å². The summed E-state index contributed by atoms with van der Waals surface area (Å²) in [4.78, 5) is 2.43. The molecule has 0 amide bonds. The Labute approximate surface area is 133 Å². The molecule has 1 heterocycles. The fraction of sp³-hybridized carbons (Fsp3) is 0.647. The van der Waals surface area contributed by atoms with Crippen molar-refractivity contribution in [2.45, 2.75) is 27.3 Å². The quantitative estimate of drug-likeness (QED) is 0.798. The summed E-state index contributed by atoms with van der Waals surface area (Å²) in [7, 11) is 0. The van der Waals surface area contributed by atoms with Crippen molar-refractivity contribution in [3.05, 3.63) is 17.7 Å². The third kappa shape index (κ3) is 4.27. The molecule has 1 saturated heterocycles. The van der Waals surface area contributed by atoms with E-state index in [0.717, 1.165) is 55.5 Å². The van der Waals surface area contributed by atoms with Crippen molar-refractivity contribution < 1.29 is 14.2 Å². The van der Waals surface area contributed by atoms with Gasteiger partial charge in [0.2, 0.25) is 5.75 Å². The third-order valence-corrected chi connectivity index (χ3v) is 3.64. The van der Waals surface area contributed by atoms with Gasteiger partial charge in [0.15, 0.2) is 11.5 Å². The van der Waals surface area contributed by atoms with Crippen LogP contribution in [0.3, 0.4) is 0 Å². The second-order valence-electron chi connectivity index (χ2n) is 5.21. The van der Waals surface area contributed by atoms with Gasteiger partial charge in [-0.15, -0.1) is 0 Å². The minimum Gasteiger partial charge on any atom is -0.490 e. The van der Waals surface area contributed by atoms with Crippen molar-refractivity contribution in [3.63, 3.8) is 0 Å². The summed E-state index contributed by atoms with van der Waals surface area (Å²) in [5.74, 6) is 2.32. The first-order valence-corrected chi connectivity index (χ1v) is 8.27. The maximum Gasteiger partial charge on any atom is 0.203 e. The van der Waals surface area contributed by atoms with Crippen LogP contribution in [0.15, 0.2) is 12.1 Å². The molecule has 2 rings (SSSR count). The molecule has 0 aromatic heterocycles. The molecule has 0 atom stereocenters. The van der Waals surface area contributed by atoms with Crippen LogP contribution >= 0.6 is 0 Å². The highest BCUT2D eigenvalue weighted by molar-refractivity contribution is 5.56. The molecule has 1 aromatic carbocycles. The van der Waals surface area contributed by atoms with E-state index in [9.17, 15) is 0 Å². The van der Waals surface area contributed by atoms with Crippen molar-refractivity contribution in [2.75, 3.05) is 46.0 Å². The molecule has 0 spiro atoms. The van der Waals surface area contributed by atoms with Crippen molar-refractivity contribution >= 4 is 0 Å². The SMILES string of the molecule is CCOc1ccc(CN2CCNCC2)c(OCC)c1OCC. The number of nitrogens with one attached hydrogen (secondary N) is 1. The Bertz CT molecular complexity index is 459. The molecule has 0 unspecified atom stereocenters. The lowest BCUT2D eigenvalue weighted by molar-refractivity contribution is 0.223. The number of ether oxygens (including phenoxy) is 3. The molecular weight excluding hydrogens is 280 g/mol. The molecule has 1 aliphatic heterocycles. The van der Waals surface area contributed by atoms with Crippen LogP contribution < -0.4 is 19.5 Å². The van der Waals surface area contributed by atoms with Gasteiger partial charge in [0.25, 0.3) is 0 Å². The van der Waals surface area contributed by atoms with Crippen molar-refractivity contribution in [2.24, 2.45) is 0 Å². The summed E-state index contributed by atoms with van der Waals surface area (Å²) < 4.78 is 17.4. The number of benzene rings is 1. The summed E-state index contributed by atoms with van der Waals surface area (Å²) in [6.45, 7) is 12.9. The van der Waals surface area contributed by atoms with Crippen molar-refractivity contribution in [1.82, 2.24) is 10.2 Å². The Balaban J connectivity index is 2.28. The van der Waals surface area contributed by atoms with Gasteiger partial charge in [-0.3, -0.25) is 4.90 Å². The molecular formula is C17H28N2O3. The lowest BCUT2D eigenvalue weighted by atomic mass is 10.1. The van der Waals surface area contributed by atoms with Crippen molar-refractivity contribution in [1.29, 1.82) is 0 Å². The van der Waals surface area contributed by atoms with E-state index in [1.54, 1.807) is 0 Å². The normalized spacial score (nSPS) is 15.6. The van der Waals surface area contributed by atoms with Gasteiger partial charge in [-0.05, 0) is 26.8 Å². The summed E-state index contributed by atoms with van der Waals surface area (Å²) in [5.41, 5.74) is 1.16. The summed E-state index contributed by atoms with van der Waals surface area (Å²) in [5, 5.41) is 3.38. The average molecular weight is 308 g/mol. The minimum absolute atomic E-state index is 0.594. The molecule has 0 aliphatic carbocycles. The number of hydrogen-bond acceptors (Lipinski definition) is 5. The standard InChI is InChI=1S/C17H28N2O3/c1-4-20-15-8-7-14(13-19-11-9-18-10-12-19)16(21-5-2)17(15)22-6-3/h7-8,18H,4-6,9-13H2,1-3H3. The highest BCUT2D eigenvalue weighted by Gasteiger charge is 2.19. The van der Waals surface area contributed by atoms with E-state index in [4.69, 9.17) is 14.2 Å². The van der Waals surface area contributed by atoms with Gasteiger partial charge in [-0.1, -0.05) is 6.07 Å². The van der Waals surface area contributed by atoms with Crippen LogP contribution in [0, 0.1) is 0 Å². The van der Waals surface area contributed by atoms with Crippen LogP contribution in [-0.4, -0.2) is 50.9 Å². The molecule has 1 fully saturated rings. The molecule has 1 N–H and O–H groups in total. The summed E-state index contributed by atoms with van der Waals surface area (Å²) in [6, 6.07) is 4.09. The second-order valence-corrected chi connectivity index (χ2v) is 5.21. The fourth-order valence-corrected chi connectivity index (χ4v) is 2.67. The molecule has 0 bridgehead atoms. The highest BCUT2D eigenvalue weighted by Crippen LogP contribution is 2.41. The smallest absolute Gasteiger partial charge is 0.203 e. The molecule has 5 heteroatoms. The van der Waals surface area contributed by atoms with Gasteiger partial charge >= 0.3 is 0 Å². The molecule has 0 saturated carbocycles. The van der Waals surface area contributed by atoms with Gasteiger partial charge < -0.3 is 19.5 Å². The van der Waals surface area contributed by atoms with Crippen LogP contribution in [0.2, 0.25) is 0 Å². The Morgan fingerprint density at radius 2 is 1.55 bits per heavy atom. The van der Waals surface area contributed by atoms with Crippen LogP contribution in [0.1, 0.15) is 26.3 Å². The van der Waals surface area contributed by atoms with Gasteiger partial charge in [0.1, 0.15) is 0 Å². The van der Waals surface area contributed by atoms with Crippen molar-refractivity contribution in [3.8, 4) is 17.2 Å². The Hall–Kier alpha value is -1.46. The monoisotopic (exact) mass is 308 g/mol. The average Bonchev–Trinajstić information content (AvgIpc) is 2.54. The predicted molar refractivity (Wildman–Crippen MR) is 88.1 cm³/mol. The number of nitrogens with zero attached hydrogens (tertiary/aromatic N) is 1. The predicted octanol–water partition coefficient (Wildman–Crippen LogP) is 2.29. The van der Waals surface area contributed by atoms with Crippen LogP contribution in [0.5, 0.6) is 17.2 Å². The number of hydrogen-bond donors (Lipinski definition) is 1. The van der Waals surface area contributed by atoms with Crippen LogP contribution in [-0.2, 0) is 6.54 Å². The first-order chi connectivity index (χ1) is 10.8. The Morgan fingerprint density at radius 3 is 2.18 bits per heavy atom. The number of rotatable bonds is 8. The zero-order chi connectivity index (χ0) is 15.8. The van der Waals surface area contributed by atoms with E-state index >= 15 is 0 Å². The second kappa shape index (κ2) is 8.86. The first kappa shape index (κ1) is 16.9. The van der Waals surface area contributed by atoms with E-state index in [2.05, 4.69) is 16.3 Å². The number of piperazine rings is 1. The molecule has 5 nitrogen and oxygen atoms in total. The summed E-state index contributed by atoms with van der Waals surface area (Å²) >= 11 is 0. The van der Waals surface area contributed by atoms with E-state index in [1.807, 2.05) is 26.8 Å². The highest BCUT2D eigenvalue weighted by atomic mass is 16.5. The first-order valence-electron chi connectivity index (χ1n) is 8.27. The largest absolute Gasteiger partial charge is 0.490 e. The van der Waals surface area contributed by atoms with Gasteiger partial charge in [-0.2, -0.15) is 0 Å². The van der Waals surface area contributed by atoms with Crippen LogP contribution in [0.25, 0.3) is 0 Å². The van der Waals surface area contributed by atoms with E-state index in [1.165, 1.54) is 0 Å². The topological polar surface area (TPSA) is 43.0 Å². The lowest BCUT2D eigenvalue weighted by Gasteiger charge is -2.28. The zero-order valence-electron chi connectivity index (χ0n) is 14.0. The van der Waals surface area contributed by atoms with Gasteiger partial charge in [-0.25, -0.2) is 0 Å². The lowest BCUT2D eigenvalue weighted by Crippen LogP contribution is -2.42. The molecule has 124 valence electrons. The fourth-order valence-electron chi connectivity index (χ4n) is 2.67. The maximum absolute atomic E-state index is 5.90.